The molecule has 1 aromatic rings. The van der Waals surface area contributed by atoms with Crippen LogP contribution in [0.25, 0.3) is 0 Å². The highest BCUT2D eigenvalue weighted by Crippen LogP contribution is 2.27. The summed E-state index contributed by atoms with van der Waals surface area (Å²) < 4.78 is 25.4. The maximum absolute atomic E-state index is 14.6. The van der Waals surface area contributed by atoms with E-state index in [2.05, 4.69) is 14.9 Å². The number of aryl methyl sites for hydroxylation is 1. The fourth-order valence-electron chi connectivity index (χ4n) is 3.48. The molecular formula is C17H27FN4O2. The molecule has 2 fully saturated rings. The lowest BCUT2D eigenvalue weighted by atomic mass is 10.1. The topological polar surface area (TPSA) is 50.7 Å². The lowest BCUT2D eigenvalue weighted by Gasteiger charge is -2.34. The lowest BCUT2D eigenvalue weighted by Crippen LogP contribution is -2.40. The molecule has 7 heteroatoms. The molecule has 0 atom stereocenters. The first kappa shape index (κ1) is 17.4. The molecule has 0 aromatic carbocycles. The van der Waals surface area contributed by atoms with Gasteiger partial charge in [0.15, 0.2) is 11.6 Å². The molecule has 1 aromatic heterocycles. The number of rotatable bonds is 4. The van der Waals surface area contributed by atoms with Gasteiger partial charge in [-0.15, -0.1) is 0 Å². The van der Waals surface area contributed by atoms with E-state index in [1.165, 1.54) is 0 Å². The van der Waals surface area contributed by atoms with Crippen LogP contribution in [0, 0.1) is 12.7 Å². The van der Waals surface area contributed by atoms with Gasteiger partial charge in [-0.05, 0) is 32.6 Å². The Bertz CT molecular complexity index is 556. The monoisotopic (exact) mass is 338 g/mol. The number of aromatic nitrogens is 2. The Hall–Kier alpha value is -1.47. The summed E-state index contributed by atoms with van der Waals surface area (Å²) in [5.74, 6) is 0.759. The van der Waals surface area contributed by atoms with Gasteiger partial charge in [-0.25, -0.2) is 9.37 Å². The smallest absolute Gasteiger partial charge is 0.227 e. The predicted octanol–water partition coefficient (Wildman–Crippen LogP) is 2.15. The standard InChI is InChI=1S/C17H27FN4O2/c1-12-15(18)16(21-8-4-13(23-2)5-9-21)20-17(19-12)22-10-6-14(24-3)7-11-22/h13-14H,4-11H2,1-3H3. The van der Waals surface area contributed by atoms with Gasteiger partial charge in [-0.2, -0.15) is 4.98 Å². The molecule has 2 aliphatic heterocycles. The first-order valence-corrected chi connectivity index (χ1v) is 8.72. The van der Waals surface area contributed by atoms with Crippen molar-refractivity contribution in [2.75, 3.05) is 50.2 Å². The van der Waals surface area contributed by atoms with Crippen molar-refractivity contribution in [1.29, 1.82) is 0 Å². The largest absolute Gasteiger partial charge is 0.381 e. The molecule has 2 aliphatic rings. The van der Waals surface area contributed by atoms with Crippen LogP contribution in [0.15, 0.2) is 0 Å². The van der Waals surface area contributed by atoms with Crippen LogP contribution >= 0.6 is 0 Å². The van der Waals surface area contributed by atoms with Crippen molar-refractivity contribution < 1.29 is 13.9 Å². The number of piperidine rings is 2. The van der Waals surface area contributed by atoms with Crippen molar-refractivity contribution in [2.24, 2.45) is 0 Å². The molecule has 0 amide bonds. The Morgan fingerprint density at radius 1 is 0.875 bits per heavy atom. The number of hydrogen-bond acceptors (Lipinski definition) is 6. The quantitative estimate of drug-likeness (QED) is 0.838. The highest BCUT2D eigenvalue weighted by Gasteiger charge is 2.26. The summed E-state index contributed by atoms with van der Waals surface area (Å²) in [4.78, 5) is 13.1. The second kappa shape index (κ2) is 7.61. The molecule has 6 nitrogen and oxygen atoms in total. The van der Waals surface area contributed by atoms with Gasteiger partial charge in [0.05, 0.1) is 17.9 Å². The van der Waals surface area contributed by atoms with Crippen LogP contribution in [0.1, 0.15) is 31.4 Å². The minimum Gasteiger partial charge on any atom is -0.381 e. The van der Waals surface area contributed by atoms with E-state index >= 15 is 0 Å². The first-order valence-electron chi connectivity index (χ1n) is 8.72. The zero-order valence-electron chi connectivity index (χ0n) is 14.8. The van der Waals surface area contributed by atoms with Crippen LogP contribution in [0.2, 0.25) is 0 Å². The van der Waals surface area contributed by atoms with E-state index in [0.29, 0.717) is 23.6 Å². The SMILES string of the molecule is COC1CCN(c2nc(C)c(F)c(N3CCC(OC)CC3)n2)CC1. The summed E-state index contributed by atoms with van der Waals surface area (Å²) in [6.07, 6.45) is 4.26. The summed E-state index contributed by atoms with van der Waals surface area (Å²) in [5, 5.41) is 0. The van der Waals surface area contributed by atoms with E-state index < -0.39 is 0 Å². The van der Waals surface area contributed by atoms with Gasteiger partial charge >= 0.3 is 0 Å². The Morgan fingerprint density at radius 2 is 1.38 bits per heavy atom. The molecule has 0 N–H and O–H groups in total. The average molecular weight is 338 g/mol. The third kappa shape index (κ3) is 3.62. The van der Waals surface area contributed by atoms with Crippen molar-refractivity contribution in [3.05, 3.63) is 11.5 Å². The summed E-state index contributed by atoms with van der Waals surface area (Å²) in [5.41, 5.74) is 0.415. The molecule has 0 unspecified atom stereocenters. The number of ether oxygens (including phenoxy) is 2. The molecular weight excluding hydrogens is 311 g/mol. The Labute approximate surface area is 143 Å². The summed E-state index contributed by atoms with van der Waals surface area (Å²) in [6.45, 7) is 4.92. The van der Waals surface area contributed by atoms with Crippen molar-refractivity contribution in [3.8, 4) is 0 Å². The van der Waals surface area contributed by atoms with Gasteiger partial charge in [0, 0.05) is 40.4 Å². The zero-order chi connectivity index (χ0) is 17.1. The molecule has 0 aliphatic carbocycles. The number of nitrogens with zero attached hydrogens (tertiary/aromatic N) is 4. The van der Waals surface area contributed by atoms with Crippen LogP contribution in [0.5, 0.6) is 0 Å². The average Bonchev–Trinajstić information content (AvgIpc) is 2.64. The fourth-order valence-corrected chi connectivity index (χ4v) is 3.48. The minimum atomic E-state index is -0.304. The van der Waals surface area contributed by atoms with E-state index in [1.54, 1.807) is 21.1 Å². The minimum absolute atomic E-state index is 0.264. The fraction of sp³-hybridized carbons (Fsp3) is 0.765. The van der Waals surface area contributed by atoms with Crippen LogP contribution in [0.3, 0.4) is 0 Å². The molecule has 2 saturated heterocycles. The molecule has 0 bridgehead atoms. The van der Waals surface area contributed by atoms with E-state index in [0.717, 1.165) is 51.9 Å². The van der Waals surface area contributed by atoms with Gasteiger partial charge in [0.1, 0.15) is 0 Å². The van der Waals surface area contributed by atoms with Crippen LogP contribution < -0.4 is 9.80 Å². The maximum Gasteiger partial charge on any atom is 0.227 e. The Balaban J connectivity index is 1.77. The number of anilines is 2. The van der Waals surface area contributed by atoms with E-state index in [-0.39, 0.29) is 11.9 Å². The van der Waals surface area contributed by atoms with E-state index in [9.17, 15) is 4.39 Å². The highest BCUT2D eigenvalue weighted by atomic mass is 19.1. The second-order valence-corrected chi connectivity index (χ2v) is 6.59. The molecule has 0 spiro atoms. The van der Waals surface area contributed by atoms with Gasteiger partial charge in [0.2, 0.25) is 5.95 Å². The van der Waals surface area contributed by atoms with Crippen molar-refractivity contribution >= 4 is 11.8 Å². The Morgan fingerprint density at radius 3 is 1.88 bits per heavy atom. The van der Waals surface area contributed by atoms with Crippen molar-refractivity contribution in [1.82, 2.24) is 9.97 Å². The summed E-state index contributed by atoms with van der Waals surface area (Å²) >= 11 is 0. The number of halogens is 1. The molecule has 134 valence electrons. The third-order valence-electron chi connectivity index (χ3n) is 5.12. The van der Waals surface area contributed by atoms with Gasteiger partial charge in [0.25, 0.3) is 0 Å². The third-order valence-corrected chi connectivity index (χ3v) is 5.12. The van der Waals surface area contributed by atoms with Crippen LogP contribution in [-0.4, -0.2) is 62.6 Å². The van der Waals surface area contributed by atoms with Crippen LogP contribution in [0.4, 0.5) is 16.2 Å². The normalized spacial score (nSPS) is 20.7. The van der Waals surface area contributed by atoms with E-state index in [1.807, 2.05) is 4.90 Å². The molecule has 3 heterocycles. The van der Waals surface area contributed by atoms with Crippen molar-refractivity contribution in [2.45, 2.75) is 44.8 Å². The molecule has 0 saturated carbocycles. The van der Waals surface area contributed by atoms with Gasteiger partial charge < -0.3 is 19.3 Å². The lowest BCUT2D eigenvalue weighted by molar-refractivity contribution is 0.0814. The molecule has 3 rings (SSSR count). The highest BCUT2D eigenvalue weighted by molar-refractivity contribution is 5.48. The van der Waals surface area contributed by atoms with Gasteiger partial charge in [-0.3, -0.25) is 0 Å². The summed E-state index contributed by atoms with van der Waals surface area (Å²) in [6, 6.07) is 0. The number of methoxy groups -OCH3 is 2. The molecule has 0 radical (unpaired) electrons. The Kier molecular flexibility index (Phi) is 5.50. The molecule has 24 heavy (non-hydrogen) atoms. The van der Waals surface area contributed by atoms with E-state index in [4.69, 9.17) is 9.47 Å². The second-order valence-electron chi connectivity index (χ2n) is 6.59. The number of hydrogen-bond donors (Lipinski definition) is 0. The van der Waals surface area contributed by atoms with Crippen molar-refractivity contribution in [3.63, 3.8) is 0 Å². The zero-order valence-corrected chi connectivity index (χ0v) is 14.8. The summed E-state index contributed by atoms with van der Waals surface area (Å²) in [7, 11) is 3.48. The van der Waals surface area contributed by atoms with Crippen LogP contribution in [-0.2, 0) is 9.47 Å². The first-order chi connectivity index (χ1) is 11.6. The maximum atomic E-state index is 14.6. The predicted molar refractivity (Wildman–Crippen MR) is 91.2 cm³/mol. The van der Waals surface area contributed by atoms with Gasteiger partial charge in [-0.1, -0.05) is 0 Å².